The molecule has 0 aliphatic carbocycles. The zero-order valence-electron chi connectivity index (χ0n) is 12.6. The molecule has 0 radical (unpaired) electrons. The molecule has 0 amide bonds. The number of benzene rings is 1. The molecule has 0 aliphatic heterocycles. The number of aromatic nitrogens is 2. The van der Waals surface area contributed by atoms with Gasteiger partial charge in [0.15, 0.2) is 0 Å². The fraction of sp³-hybridized carbons (Fsp3) is 0.375. The van der Waals surface area contributed by atoms with Gasteiger partial charge in [-0.1, -0.05) is 29.3 Å². The standard InChI is InChI=1S/C16H20Cl2N3/c1-4-21(5-2,6-3)16-19-10-9-15(20-16)12-7-8-13(17)14(18)11-12/h7-11H,4-6H2,1-3H3/q+1. The first kappa shape index (κ1) is 16.2. The van der Waals surface area contributed by atoms with Gasteiger partial charge >= 0.3 is 5.95 Å². The van der Waals surface area contributed by atoms with Crippen LogP contribution in [-0.2, 0) is 0 Å². The van der Waals surface area contributed by atoms with Crippen LogP contribution in [-0.4, -0.2) is 29.6 Å². The second-order valence-corrected chi connectivity index (χ2v) is 5.78. The lowest BCUT2D eigenvalue weighted by Crippen LogP contribution is -2.49. The van der Waals surface area contributed by atoms with Crippen molar-refractivity contribution in [1.29, 1.82) is 0 Å². The summed E-state index contributed by atoms with van der Waals surface area (Å²) in [5.41, 5.74) is 1.82. The Bertz CT molecular complexity index is 616. The van der Waals surface area contributed by atoms with E-state index in [1.807, 2.05) is 24.4 Å². The zero-order valence-corrected chi connectivity index (χ0v) is 14.1. The van der Waals surface area contributed by atoms with Crippen molar-refractivity contribution >= 4 is 29.2 Å². The quantitative estimate of drug-likeness (QED) is 0.737. The summed E-state index contributed by atoms with van der Waals surface area (Å²) in [5.74, 6) is 0.853. The van der Waals surface area contributed by atoms with Gasteiger partial charge in [-0.2, -0.15) is 9.97 Å². The molecular formula is C16H20Cl2N3+. The number of quaternary nitrogens is 1. The van der Waals surface area contributed by atoms with Crippen molar-refractivity contribution in [2.24, 2.45) is 0 Å². The molecule has 0 bridgehead atoms. The first-order chi connectivity index (χ1) is 10.1. The van der Waals surface area contributed by atoms with Crippen molar-refractivity contribution < 1.29 is 0 Å². The van der Waals surface area contributed by atoms with Crippen LogP contribution in [0.15, 0.2) is 30.5 Å². The maximum atomic E-state index is 6.10. The topological polar surface area (TPSA) is 25.8 Å². The molecule has 21 heavy (non-hydrogen) atoms. The molecule has 0 aliphatic rings. The molecule has 0 unspecified atom stereocenters. The van der Waals surface area contributed by atoms with Gasteiger partial charge in [0.25, 0.3) is 0 Å². The third kappa shape index (κ3) is 3.20. The summed E-state index contributed by atoms with van der Waals surface area (Å²) in [7, 11) is 0. The molecule has 5 heteroatoms. The predicted octanol–water partition coefficient (Wildman–Crippen LogP) is 4.82. The Labute approximate surface area is 136 Å². The predicted molar refractivity (Wildman–Crippen MR) is 90.9 cm³/mol. The molecule has 0 atom stereocenters. The molecular weight excluding hydrogens is 305 g/mol. The maximum absolute atomic E-state index is 6.10. The SMILES string of the molecule is CC[N+](CC)(CC)c1nccc(-c2ccc(Cl)c(Cl)c2)n1. The van der Waals surface area contributed by atoms with Gasteiger partial charge in [0.2, 0.25) is 0 Å². The normalized spacial score (nSPS) is 11.7. The van der Waals surface area contributed by atoms with Gasteiger partial charge in [0.05, 0.1) is 35.4 Å². The average Bonchev–Trinajstić information content (AvgIpc) is 2.53. The third-order valence-electron chi connectivity index (χ3n) is 4.10. The summed E-state index contributed by atoms with van der Waals surface area (Å²) in [6.07, 6.45) is 1.81. The number of hydrogen-bond acceptors (Lipinski definition) is 2. The molecule has 2 rings (SSSR count). The van der Waals surface area contributed by atoms with E-state index < -0.39 is 0 Å². The monoisotopic (exact) mass is 324 g/mol. The number of rotatable bonds is 5. The molecule has 1 aromatic carbocycles. The van der Waals surface area contributed by atoms with Gasteiger partial charge in [0.1, 0.15) is 0 Å². The van der Waals surface area contributed by atoms with E-state index in [2.05, 4.69) is 25.8 Å². The van der Waals surface area contributed by atoms with Crippen LogP contribution in [0.1, 0.15) is 20.8 Å². The summed E-state index contributed by atoms with van der Waals surface area (Å²) in [5, 5.41) is 1.09. The second-order valence-electron chi connectivity index (χ2n) is 4.96. The van der Waals surface area contributed by atoms with Gasteiger partial charge < -0.3 is 0 Å². The highest BCUT2D eigenvalue weighted by atomic mass is 35.5. The van der Waals surface area contributed by atoms with Gasteiger partial charge in [-0.3, -0.25) is 4.48 Å². The summed E-state index contributed by atoms with van der Waals surface area (Å²) < 4.78 is 0.773. The van der Waals surface area contributed by atoms with Crippen molar-refractivity contribution in [3.8, 4) is 11.3 Å². The molecule has 0 N–H and O–H groups in total. The van der Waals surface area contributed by atoms with E-state index in [-0.39, 0.29) is 0 Å². The first-order valence-electron chi connectivity index (χ1n) is 7.21. The highest BCUT2D eigenvalue weighted by Gasteiger charge is 2.28. The zero-order chi connectivity index (χ0) is 15.5. The Morgan fingerprint density at radius 3 is 2.19 bits per heavy atom. The van der Waals surface area contributed by atoms with Crippen LogP contribution in [0.25, 0.3) is 11.3 Å². The minimum Gasteiger partial charge on any atom is -0.258 e. The highest BCUT2D eigenvalue weighted by molar-refractivity contribution is 6.42. The molecule has 3 nitrogen and oxygen atoms in total. The lowest BCUT2D eigenvalue weighted by Gasteiger charge is -2.32. The second kappa shape index (κ2) is 6.73. The third-order valence-corrected chi connectivity index (χ3v) is 4.84. The Balaban J connectivity index is 2.48. The molecule has 0 saturated carbocycles. The van der Waals surface area contributed by atoms with E-state index >= 15 is 0 Å². The Hall–Kier alpha value is -1.16. The fourth-order valence-electron chi connectivity index (χ4n) is 2.49. The van der Waals surface area contributed by atoms with E-state index in [9.17, 15) is 0 Å². The van der Waals surface area contributed by atoms with Crippen LogP contribution < -0.4 is 4.48 Å². The van der Waals surface area contributed by atoms with Crippen LogP contribution >= 0.6 is 23.2 Å². The van der Waals surface area contributed by atoms with E-state index in [0.29, 0.717) is 10.0 Å². The summed E-state index contributed by atoms with van der Waals surface area (Å²) in [6.45, 7) is 9.42. The molecule has 2 aromatic rings. The van der Waals surface area contributed by atoms with Crippen LogP contribution in [0.5, 0.6) is 0 Å². The minimum absolute atomic E-state index is 0.538. The van der Waals surface area contributed by atoms with E-state index in [4.69, 9.17) is 28.2 Å². The molecule has 0 fully saturated rings. The molecule has 0 saturated heterocycles. The first-order valence-corrected chi connectivity index (χ1v) is 7.97. The van der Waals surface area contributed by atoms with Crippen LogP contribution in [0.4, 0.5) is 5.95 Å². The van der Waals surface area contributed by atoms with E-state index in [0.717, 1.165) is 41.3 Å². The van der Waals surface area contributed by atoms with E-state index in [1.54, 1.807) is 6.07 Å². The number of halogens is 2. The molecule has 0 spiro atoms. The largest absolute Gasteiger partial charge is 0.329 e. The average molecular weight is 325 g/mol. The lowest BCUT2D eigenvalue weighted by molar-refractivity contribution is 0.299. The van der Waals surface area contributed by atoms with Gasteiger partial charge in [-0.25, -0.2) is 0 Å². The summed E-state index contributed by atoms with van der Waals surface area (Å²) in [6, 6.07) is 7.47. The number of hydrogen-bond donors (Lipinski definition) is 0. The highest BCUT2D eigenvalue weighted by Crippen LogP contribution is 2.28. The van der Waals surface area contributed by atoms with Gasteiger partial charge in [-0.15, -0.1) is 0 Å². The Kier molecular flexibility index (Phi) is 5.20. The Morgan fingerprint density at radius 2 is 1.62 bits per heavy atom. The van der Waals surface area contributed by atoms with Crippen molar-refractivity contribution in [3.63, 3.8) is 0 Å². The van der Waals surface area contributed by atoms with E-state index in [1.165, 1.54) is 0 Å². The van der Waals surface area contributed by atoms with Crippen molar-refractivity contribution in [1.82, 2.24) is 14.5 Å². The van der Waals surface area contributed by atoms with Crippen LogP contribution in [0, 0.1) is 0 Å². The fourth-order valence-corrected chi connectivity index (χ4v) is 2.79. The molecule has 1 aromatic heterocycles. The summed E-state index contributed by atoms with van der Waals surface area (Å²) in [4.78, 5) is 9.25. The van der Waals surface area contributed by atoms with Crippen LogP contribution in [0.3, 0.4) is 0 Å². The Morgan fingerprint density at radius 1 is 0.952 bits per heavy atom. The molecule has 112 valence electrons. The lowest BCUT2D eigenvalue weighted by atomic mass is 10.1. The van der Waals surface area contributed by atoms with Crippen LogP contribution in [0.2, 0.25) is 10.0 Å². The van der Waals surface area contributed by atoms with Gasteiger partial charge in [0, 0.05) is 11.8 Å². The number of nitrogens with zero attached hydrogens (tertiary/aromatic N) is 3. The van der Waals surface area contributed by atoms with Crippen molar-refractivity contribution in [3.05, 3.63) is 40.5 Å². The smallest absolute Gasteiger partial charge is 0.258 e. The minimum atomic E-state index is 0.538. The van der Waals surface area contributed by atoms with Gasteiger partial charge in [-0.05, 0) is 39.0 Å². The van der Waals surface area contributed by atoms with Crippen molar-refractivity contribution in [2.45, 2.75) is 20.8 Å². The summed E-state index contributed by atoms with van der Waals surface area (Å²) >= 11 is 12.1. The van der Waals surface area contributed by atoms with Crippen molar-refractivity contribution in [2.75, 3.05) is 19.6 Å². The molecule has 1 heterocycles. The maximum Gasteiger partial charge on any atom is 0.329 e.